The Morgan fingerprint density at radius 1 is 1.11 bits per heavy atom. The van der Waals surface area contributed by atoms with E-state index in [1.165, 1.54) is 30.6 Å². The van der Waals surface area contributed by atoms with Gasteiger partial charge in [0.15, 0.2) is 11.6 Å². The molecule has 7 nitrogen and oxygen atoms in total. The Hall–Kier alpha value is -3.39. The van der Waals surface area contributed by atoms with Crippen molar-refractivity contribution in [1.82, 2.24) is 15.4 Å². The molecule has 0 bridgehead atoms. The van der Waals surface area contributed by atoms with Crippen molar-refractivity contribution in [3.63, 3.8) is 0 Å². The van der Waals surface area contributed by atoms with Crippen molar-refractivity contribution in [1.29, 1.82) is 0 Å². The number of nitrogens with two attached hydrogens (primary N) is 1. The van der Waals surface area contributed by atoms with Crippen LogP contribution in [-0.4, -0.2) is 15.9 Å². The summed E-state index contributed by atoms with van der Waals surface area (Å²) in [5.41, 5.74) is 13.4. The summed E-state index contributed by atoms with van der Waals surface area (Å²) in [5.74, 6) is -0.299. The zero-order valence-electron chi connectivity index (χ0n) is 14.3. The fraction of sp³-hybridized carbons (Fsp3) is 0.0556. The summed E-state index contributed by atoms with van der Waals surface area (Å²) in [7, 11) is 0. The van der Waals surface area contributed by atoms with Gasteiger partial charge in [0.05, 0.1) is 0 Å². The first-order chi connectivity index (χ1) is 12.9. The highest BCUT2D eigenvalue weighted by molar-refractivity contribution is 6.30. The first kappa shape index (κ1) is 18.4. The molecule has 0 aliphatic rings. The van der Waals surface area contributed by atoms with Gasteiger partial charge < -0.3 is 11.1 Å². The molecular weight excluding hydrogens is 371 g/mol. The van der Waals surface area contributed by atoms with Gasteiger partial charge in [0.2, 0.25) is 0 Å². The number of hydrogen-bond donors (Lipinski definition) is 4. The van der Waals surface area contributed by atoms with E-state index in [4.69, 9.17) is 17.3 Å². The van der Waals surface area contributed by atoms with Crippen molar-refractivity contribution in [2.75, 3.05) is 16.5 Å². The molecule has 0 aliphatic carbocycles. The van der Waals surface area contributed by atoms with Crippen LogP contribution < -0.4 is 21.9 Å². The molecule has 3 aromatic rings. The Balaban J connectivity index is 1.72. The summed E-state index contributed by atoms with van der Waals surface area (Å²) in [6.45, 7) is 1.90. The first-order valence-electron chi connectivity index (χ1n) is 7.89. The number of nitrogens with one attached hydrogen (secondary N) is 3. The van der Waals surface area contributed by atoms with Gasteiger partial charge in [0.1, 0.15) is 17.8 Å². The zero-order chi connectivity index (χ0) is 19.4. The van der Waals surface area contributed by atoms with E-state index in [0.29, 0.717) is 10.8 Å². The summed E-state index contributed by atoms with van der Waals surface area (Å²) in [6.07, 6.45) is 1.30. The van der Waals surface area contributed by atoms with Crippen LogP contribution in [0.2, 0.25) is 5.02 Å². The number of rotatable bonds is 5. The Kier molecular flexibility index (Phi) is 5.37. The summed E-state index contributed by atoms with van der Waals surface area (Å²) >= 11 is 5.96. The molecule has 0 saturated heterocycles. The smallest absolute Gasteiger partial charge is 0.269 e. The van der Waals surface area contributed by atoms with Crippen molar-refractivity contribution in [2.24, 2.45) is 0 Å². The summed E-state index contributed by atoms with van der Waals surface area (Å²) in [6, 6.07) is 10.5. The van der Waals surface area contributed by atoms with E-state index < -0.39 is 11.7 Å². The van der Waals surface area contributed by atoms with Crippen LogP contribution in [0.3, 0.4) is 0 Å². The zero-order valence-corrected chi connectivity index (χ0v) is 15.0. The van der Waals surface area contributed by atoms with Gasteiger partial charge in [0.25, 0.3) is 5.91 Å². The largest absolute Gasteiger partial charge is 0.393 e. The monoisotopic (exact) mass is 386 g/mol. The number of hydrogen-bond acceptors (Lipinski definition) is 6. The molecule has 0 saturated carbocycles. The number of nitrogen functional groups attached to an aromatic ring is 1. The highest BCUT2D eigenvalue weighted by Crippen LogP contribution is 2.28. The topological polar surface area (TPSA) is 105 Å². The number of carbonyl (C=O) groups excluding carboxylic acids is 1. The molecule has 0 fully saturated rings. The van der Waals surface area contributed by atoms with Gasteiger partial charge in [-0.2, -0.15) is 0 Å². The van der Waals surface area contributed by atoms with Gasteiger partial charge in [-0.1, -0.05) is 11.6 Å². The predicted octanol–water partition coefficient (Wildman–Crippen LogP) is 3.66. The Morgan fingerprint density at radius 3 is 2.52 bits per heavy atom. The molecule has 3 rings (SSSR count). The lowest BCUT2D eigenvalue weighted by Crippen LogP contribution is -2.30. The molecule has 0 atom stereocenters. The summed E-state index contributed by atoms with van der Waals surface area (Å²) in [5, 5.41) is 3.73. The fourth-order valence-corrected chi connectivity index (χ4v) is 2.51. The van der Waals surface area contributed by atoms with E-state index in [0.717, 1.165) is 11.3 Å². The molecule has 0 radical (unpaired) electrons. The quantitative estimate of drug-likeness (QED) is 0.499. The highest BCUT2D eigenvalue weighted by atomic mass is 35.5. The average Bonchev–Trinajstić information content (AvgIpc) is 2.65. The first-order valence-corrected chi connectivity index (χ1v) is 8.27. The van der Waals surface area contributed by atoms with E-state index >= 15 is 0 Å². The van der Waals surface area contributed by atoms with Crippen LogP contribution in [0.15, 0.2) is 48.8 Å². The number of aryl methyl sites for hydroxylation is 1. The summed E-state index contributed by atoms with van der Waals surface area (Å²) < 4.78 is 12.9. The Bertz CT molecular complexity index is 980. The number of amides is 1. The molecular formula is C18H16ClFN6O. The second-order valence-electron chi connectivity index (χ2n) is 5.65. The van der Waals surface area contributed by atoms with Crippen LogP contribution in [0.25, 0.3) is 0 Å². The van der Waals surface area contributed by atoms with Crippen molar-refractivity contribution >= 4 is 40.5 Å². The number of nitrogens with zero attached hydrogens (tertiary/aromatic N) is 2. The van der Waals surface area contributed by atoms with E-state index in [9.17, 15) is 9.18 Å². The lowest BCUT2D eigenvalue weighted by atomic mass is 10.2. The van der Waals surface area contributed by atoms with Crippen molar-refractivity contribution < 1.29 is 9.18 Å². The van der Waals surface area contributed by atoms with Gasteiger partial charge >= 0.3 is 0 Å². The molecule has 0 unspecified atom stereocenters. The number of anilines is 4. The van der Waals surface area contributed by atoms with Crippen LogP contribution >= 0.6 is 11.6 Å². The fourth-order valence-electron chi connectivity index (χ4n) is 2.28. The number of halogens is 2. The standard InChI is InChI=1S/C18H16ClFN6O/c1-10-8-12(19)4-7-14(10)24-16-15(21)17(23-9-22-16)25-26-18(27)11-2-5-13(20)6-3-11/h2-9H,21H2,1H3,(H,26,27)(H2,22,23,24,25). The molecule has 1 amide bonds. The molecule has 27 heavy (non-hydrogen) atoms. The third kappa shape index (κ3) is 4.42. The molecule has 5 N–H and O–H groups in total. The molecule has 0 aliphatic heterocycles. The van der Waals surface area contributed by atoms with Gasteiger partial charge in [-0.25, -0.2) is 14.4 Å². The van der Waals surface area contributed by atoms with Crippen LogP contribution in [0, 0.1) is 12.7 Å². The van der Waals surface area contributed by atoms with Gasteiger partial charge in [-0.15, -0.1) is 0 Å². The highest BCUT2D eigenvalue weighted by Gasteiger charge is 2.11. The third-order valence-corrected chi connectivity index (χ3v) is 3.96. The van der Waals surface area contributed by atoms with E-state index in [1.54, 1.807) is 6.07 Å². The maximum Gasteiger partial charge on any atom is 0.269 e. The van der Waals surface area contributed by atoms with Gasteiger partial charge in [-0.3, -0.25) is 15.6 Å². The minimum absolute atomic E-state index is 0.214. The summed E-state index contributed by atoms with van der Waals surface area (Å²) in [4.78, 5) is 20.2. The normalized spacial score (nSPS) is 10.3. The maximum atomic E-state index is 12.9. The third-order valence-electron chi connectivity index (χ3n) is 3.73. The molecule has 1 heterocycles. The molecule has 1 aromatic heterocycles. The second kappa shape index (κ2) is 7.88. The Morgan fingerprint density at radius 2 is 1.81 bits per heavy atom. The van der Waals surface area contributed by atoms with Crippen molar-refractivity contribution in [3.8, 4) is 0 Å². The van der Waals surface area contributed by atoms with Crippen molar-refractivity contribution in [2.45, 2.75) is 6.92 Å². The van der Waals surface area contributed by atoms with Crippen LogP contribution in [0.1, 0.15) is 15.9 Å². The molecule has 138 valence electrons. The number of aromatic nitrogens is 2. The van der Waals surface area contributed by atoms with Gasteiger partial charge in [0, 0.05) is 16.3 Å². The minimum atomic E-state index is -0.462. The van der Waals surface area contributed by atoms with Crippen molar-refractivity contribution in [3.05, 3.63) is 70.8 Å². The lowest BCUT2D eigenvalue weighted by molar-refractivity contribution is 0.0962. The van der Waals surface area contributed by atoms with E-state index in [2.05, 4.69) is 26.1 Å². The number of benzene rings is 2. The maximum absolute atomic E-state index is 12.9. The molecule has 0 spiro atoms. The van der Waals surface area contributed by atoms with E-state index in [-0.39, 0.29) is 17.1 Å². The second-order valence-corrected chi connectivity index (χ2v) is 6.09. The SMILES string of the molecule is Cc1cc(Cl)ccc1Nc1ncnc(NNC(=O)c2ccc(F)cc2)c1N. The van der Waals surface area contributed by atoms with Crippen LogP contribution in [0.4, 0.5) is 27.4 Å². The molecule has 2 aromatic carbocycles. The molecule has 9 heteroatoms. The average molecular weight is 387 g/mol. The predicted molar refractivity (Wildman–Crippen MR) is 103 cm³/mol. The minimum Gasteiger partial charge on any atom is -0.393 e. The van der Waals surface area contributed by atoms with Crippen LogP contribution in [-0.2, 0) is 0 Å². The Labute approximate surface area is 159 Å². The van der Waals surface area contributed by atoms with Crippen LogP contribution in [0.5, 0.6) is 0 Å². The van der Waals surface area contributed by atoms with Gasteiger partial charge in [-0.05, 0) is 55.0 Å². The number of carbonyl (C=O) groups is 1. The lowest BCUT2D eigenvalue weighted by Gasteiger charge is -2.14. The van der Waals surface area contributed by atoms with E-state index in [1.807, 2.05) is 19.1 Å². The number of hydrazine groups is 1.